The second-order valence-corrected chi connectivity index (χ2v) is 6.48. The molecule has 1 unspecified atom stereocenters. The van der Waals surface area contributed by atoms with Crippen molar-refractivity contribution < 1.29 is 0 Å². The summed E-state index contributed by atoms with van der Waals surface area (Å²) in [7, 11) is 0. The Morgan fingerprint density at radius 3 is 2.95 bits per heavy atom. The summed E-state index contributed by atoms with van der Waals surface area (Å²) in [5.41, 5.74) is 4.78. The van der Waals surface area contributed by atoms with Gasteiger partial charge in [-0.25, -0.2) is 0 Å². The largest absolute Gasteiger partial charge is 0.369 e. The Balaban J connectivity index is 0.00000121. The van der Waals surface area contributed by atoms with E-state index in [1.54, 1.807) is 11.3 Å². The number of hydrogen-bond donors (Lipinski definition) is 1. The van der Waals surface area contributed by atoms with Crippen LogP contribution in [0.1, 0.15) is 49.1 Å². The topological polar surface area (TPSA) is 15.3 Å². The number of para-hydroxylation sites is 1. The average molecular weight is 293 g/mol. The molecule has 0 bridgehead atoms. The molecular formula is C17H25ClN2. The van der Waals surface area contributed by atoms with Crippen LogP contribution in [0.2, 0.25) is 0 Å². The molecule has 2 heterocycles. The van der Waals surface area contributed by atoms with Crippen LogP contribution in [0.15, 0.2) is 18.2 Å². The number of nitrogens with one attached hydrogen (secondary N) is 1. The van der Waals surface area contributed by atoms with Gasteiger partial charge in [-0.2, -0.15) is 0 Å². The van der Waals surface area contributed by atoms with E-state index in [4.69, 9.17) is 0 Å². The van der Waals surface area contributed by atoms with Crippen LogP contribution in [-0.4, -0.2) is 19.6 Å². The van der Waals surface area contributed by atoms with Crippen molar-refractivity contribution in [2.24, 2.45) is 5.92 Å². The minimum Gasteiger partial charge on any atom is -0.369 e. The molecule has 4 rings (SSSR count). The van der Waals surface area contributed by atoms with Crippen LogP contribution < -0.4 is 10.2 Å². The fourth-order valence-corrected chi connectivity index (χ4v) is 4.47. The highest BCUT2D eigenvalue weighted by Crippen LogP contribution is 2.46. The van der Waals surface area contributed by atoms with Crippen LogP contribution in [0.4, 0.5) is 5.69 Å². The van der Waals surface area contributed by atoms with Gasteiger partial charge in [0.05, 0.1) is 0 Å². The molecule has 2 aliphatic heterocycles. The number of nitrogens with zero attached hydrogens (tertiary/aromatic N) is 1. The lowest BCUT2D eigenvalue weighted by atomic mass is 9.77. The maximum atomic E-state index is 3.57. The highest BCUT2D eigenvalue weighted by atomic mass is 35.5. The van der Waals surface area contributed by atoms with E-state index in [9.17, 15) is 0 Å². The van der Waals surface area contributed by atoms with Gasteiger partial charge in [-0.05, 0) is 35.8 Å². The van der Waals surface area contributed by atoms with Gasteiger partial charge in [0.2, 0.25) is 0 Å². The molecule has 0 saturated heterocycles. The van der Waals surface area contributed by atoms with Gasteiger partial charge in [0.1, 0.15) is 0 Å². The molecule has 1 aromatic carbocycles. The molecule has 20 heavy (non-hydrogen) atoms. The first-order valence-electron chi connectivity index (χ1n) is 8.01. The van der Waals surface area contributed by atoms with Crippen molar-refractivity contribution >= 4 is 18.1 Å². The van der Waals surface area contributed by atoms with Gasteiger partial charge in [-0.3, -0.25) is 0 Å². The Bertz CT molecular complexity index is 474. The lowest BCUT2D eigenvalue weighted by Crippen LogP contribution is -2.39. The summed E-state index contributed by atoms with van der Waals surface area (Å²) in [6.45, 7) is 4.67. The molecule has 1 fully saturated rings. The molecule has 2 atom stereocenters. The molecule has 1 aromatic rings. The molecule has 3 aliphatic rings. The molecule has 1 N–H and O–H groups in total. The van der Waals surface area contributed by atoms with Crippen molar-refractivity contribution in [1.82, 2.24) is 5.32 Å². The second-order valence-electron chi connectivity index (χ2n) is 6.48. The molecule has 110 valence electrons. The standard InChI is InChI=1S/C17H24N2.ClH/c1-2-5-14-12-19-10-9-18-11-13-6-4-8-16(17(13)19)15(14)7-3-1;/h4,6,8,14-15,18H,1-3,5,7,9-12H2;1H/t14-,15?;/m0./s1. The van der Waals surface area contributed by atoms with Crippen LogP contribution in [0.25, 0.3) is 0 Å². The van der Waals surface area contributed by atoms with Crippen LogP contribution in [-0.2, 0) is 6.54 Å². The van der Waals surface area contributed by atoms with E-state index in [0.29, 0.717) is 0 Å². The van der Waals surface area contributed by atoms with E-state index in [0.717, 1.165) is 24.9 Å². The molecule has 1 saturated carbocycles. The Hall–Kier alpha value is -0.730. The van der Waals surface area contributed by atoms with Gasteiger partial charge >= 0.3 is 0 Å². The summed E-state index contributed by atoms with van der Waals surface area (Å²) >= 11 is 0. The quantitative estimate of drug-likeness (QED) is 0.784. The van der Waals surface area contributed by atoms with Crippen molar-refractivity contribution in [2.75, 3.05) is 24.5 Å². The van der Waals surface area contributed by atoms with Crippen molar-refractivity contribution in [2.45, 2.75) is 44.6 Å². The Labute approximate surface area is 128 Å². The SMILES string of the molecule is Cl.c1cc2c3c(c1)C1CCCCC[C@H]1CN3CCNC2. The van der Waals surface area contributed by atoms with E-state index in [1.807, 2.05) is 0 Å². The summed E-state index contributed by atoms with van der Waals surface area (Å²) in [5, 5.41) is 3.57. The highest BCUT2D eigenvalue weighted by Gasteiger charge is 2.35. The smallest absolute Gasteiger partial charge is 0.0447 e. The van der Waals surface area contributed by atoms with Crippen LogP contribution in [0.5, 0.6) is 0 Å². The number of fused-ring (bicyclic) bond motifs is 2. The zero-order valence-electron chi connectivity index (χ0n) is 12.1. The lowest BCUT2D eigenvalue weighted by Gasteiger charge is -2.41. The molecule has 0 radical (unpaired) electrons. The van der Waals surface area contributed by atoms with Gasteiger partial charge in [-0.1, -0.05) is 37.5 Å². The molecule has 0 amide bonds. The van der Waals surface area contributed by atoms with Crippen molar-refractivity contribution in [1.29, 1.82) is 0 Å². The average Bonchev–Trinajstić information content (AvgIpc) is 2.79. The number of rotatable bonds is 0. The number of halogens is 1. The number of benzene rings is 1. The van der Waals surface area contributed by atoms with E-state index >= 15 is 0 Å². The summed E-state index contributed by atoms with van der Waals surface area (Å²) in [6, 6.07) is 7.02. The summed E-state index contributed by atoms with van der Waals surface area (Å²) < 4.78 is 0. The third kappa shape index (κ3) is 2.33. The molecule has 0 aromatic heterocycles. The monoisotopic (exact) mass is 292 g/mol. The Morgan fingerprint density at radius 2 is 2.00 bits per heavy atom. The highest BCUT2D eigenvalue weighted by molar-refractivity contribution is 5.85. The second kappa shape index (κ2) is 5.95. The Morgan fingerprint density at radius 1 is 1.10 bits per heavy atom. The lowest BCUT2D eigenvalue weighted by molar-refractivity contribution is 0.380. The molecule has 1 aliphatic carbocycles. The predicted molar refractivity (Wildman–Crippen MR) is 86.9 cm³/mol. The Kier molecular flexibility index (Phi) is 4.23. The maximum Gasteiger partial charge on any atom is 0.0447 e. The van der Waals surface area contributed by atoms with Gasteiger partial charge in [-0.15, -0.1) is 12.4 Å². The minimum absolute atomic E-state index is 0. The number of hydrogen-bond acceptors (Lipinski definition) is 2. The van der Waals surface area contributed by atoms with Gasteiger partial charge in [0, 0.05) is 31.9 Å². The normalized spacial score (nSPS) is 28.5. The van der Waals surface area contributed by atoms with Crippen molar-refractivity contribution in [3.63, 3.8) is 0 Å². The van der Waals surface area contributed by atoms with Crippen molar-refractivity contribution in [3.8, 4) is 0 Å². The third-order valence-electron chi connectivity index (χ3n) is 5.35. The molecular weight excluding hydrogens is 268 g/mol. The molecule has 2 nitrogen and oxygen atoms in total. The van der Waals surface area contributed by atoms with E-state index in [2.05, 4.69) is 28.4 Å². The van der Waals surface area contributed by atoms with Crippen LogP contribution in [0, 0.1) is 5.92 Å². The minimum atomic E-state index is 0. The van der Waals surface area contributed by atoms with Crippen LogP contribution in [0.3, 0.4) is 0 Å². The zero-order valence-corrected chi connectivity index (χ0v) is 12.9. The first-order chi connectivity index (χ1) is 9.43. The first kappa shape index (κ1) is 14.2. The maximum absolute atomic E-state index is 3.57. The summed E-state index contributed by atoms with van der Waals surface area (Å²) in [5.74, 6) is 1.75. The van der Waals surface area contributed by atoms with E-state index in [1.165, 1.54) is 50.8 Å². The summed E-state index contributed by atoms with van der Waals surface area (Å²) in [6.07, 6.45) is 7.19. The fraction of sp³-hybridized carbons (Fsp3) is 0.647. The third-order valence-corrected chi connectivity index (χ3v) is 5.35. The van der Waals surface area contributed by atoms with Gasteiger partial charge < -0.3 is 10.2 Å². The molecule has 3 heteroatoms. The van der Waals surface area contributed by atoms with E-state index < -0.39 is 0 Å². The van der Waals surface area contributed by atoms with E-state index in [-0.39, 0.29) is 12.4 Å². The fourth-order valence-electron chi connectivity index (χ4n) is 4.47. The van der Waals surface area contributed by atoms with Gasteiger partial charge in [0.25, 0.3) is 0 Å². The number of anilines is 1. The summed E-state index contributed by atoms with van der Waals surface area (Å²) in [4.78, 5) is 2.68. The van der Waals surface area contributed by atoms with Gasteiger partial charge in [0.15, 0.2) is 0 Å². The van der Waals surface area contributed by atoms with Crippen molar-refractivity contribution in [3.05, 3.63) is 29.3 Å². The molecule has 0 spiro atoms. The van der Waals surface area contributed by atoms with Crippen LogP contribution >= 0.6 is 12.4 Å². The first-order valence-corrected chi connectivity index (χ1v) is 8.01. The zero-order chi connectivity index (χ0) is 12.7. The predicted octanol–water partition coefficient (Wildman–Crippen LogP) is 3.70.